The zero-order chi connectivity index (χ0) is 18.1. The first kappa shape index (κ1) is 16.6. The Bertz CT molecular complexity index is 866. The summed E-state index contributed by atoms with van der Waals surface area (Å²) in [5.41, 5.74) is 3.27. The molecule has 134 valence electrons. The maximum absolute atomic E-state index is 12.5. The molecule has 0 unspecified atom stereocenters. The quantitative estimate of drug-likeness (QED) is 0.815. The van der Waals surface area contributed by atoms with Crippen molar-refractivity contribution >= 4 is 17.5 Å². The van der Waals surface area contributed by atoms with E-state index >= 15 is 0 Å². The number of carbonyl (C=O) groups is 2. The van der Waals surface area contributed by atoms with Gasteiger partial charge in [0.1, 0.15) is 0 Å². The van der Waals surface area contributed by atoms with Crippen molar-refractivity contribution in [2.75, 3.05) is 4.90 Å². The summed E-state index contributed by atoms with van der Waals surface area (Å²) in [5, 5.41) is 7.24. The monoisotopic (exact) mass is 350 g/mol. The maximum atomic E-state index is 12.5. The van der Waals surface area contributed by atoms with Crippen LogP contribution in [-0.4, -0.2) is 21.6 Å². The Morgan fingerprint density at radius 2 is 2.23 bits per heavy atom. The fourth-order valence-corrected chi connectivity index (χ4v) is 3.52. The summed E-state index contributed by atoms with van der Waals surface area (Å²) in [6, 6.07) is 7.51. The second-order valence-electron chi connectivity index (χ2n) is 6.95. The minimum absolute atomic E-state index is 0.0946. The van der Waals surface area contributed by atoms with Gasteiger partial charge in [0.15, 0.2) is 0 Å². The summed E-state index contributed by atoms with van der Waals surface area (Å²) in [7, 11) is 0. The molecule has 0 saturated heterocycles. The molecule has 2 aromatic rings. The zero-order valence-electron chi connectivity index (χ0n) is 14.6. The zero-order valence-corrected chi connectivity index (χ0v) is 14.6. The molecule has 1 aromatic heterocycles. The number of hydrogen-bond acceptors (Lipinski definition) is 3. The van der Waals surface area contributed by atoms with Gasteiger partial charge >= 0.3 is 0 Å². The minimum atomic E-state index is -0.195. The summed E-state index contributed by atoms with van der Waals surface area (Å²) < 4.78 is 1.99. The van der Waals surface area contributed by atoms with E-state index in [4.69, 9.17) is 0 Å². The molecule has 4 rings (SSSR count). The maximum Gasteiger partial charge on any atom is 0.251 e. The van der Waals surface area contributed by atoms with Crippen LogP contribution in [0.15, 0.2) is 43.1 Å². The number of carbonyl (C=O) groups excluding carboxylic acids is 2. The van der Waals surface area contributed by atoms with Gasteiger partial charge in [0, 0.05) is 30.5 Å². The molecule has 2 aliphatic rings. The third-order valence-corrected chi connectivity index (χ3v) is 5.31. The van der Waals surface area contributed by atoms with Crippen LogP contribution in [0.5, 0.6) is 0 Å². The Morgan fingerprint density at radius 3 is 2.96 bits per heavy atom. The highest BCUT2D eigenvalue weighted by Gasteiger charge is 2.24. The van der Waals surface area contributed by atoms with E-state index < -0.39 is 0 Å². The molecule has 1 fully saturated rings. The van der Waals surface area contributed by atoms with Crippen molar-refractivity contribution in [3.05, 3.63) is 59.9 Å². The lowest BCUT2D eigenvalue weighted by atomic mass is 9.85. The van der Waals surface area contributed by atoms with Gasteiger partial charge in [-0.15, -0.1) is 0 Å². The van der Waals surface area contributed by atoms with Crippen molar-refractivity contribution in [3.8, 4) is 0 Å². The number of rotatable bonds is 6. The van der Waals surface area contributed by atoms with Gasteiger partial charge in [0.25, 0.3) is 11.8 Å². The predicted octanol–water partition coefficient (Wildman–Crippen LogP) is 2.65. The molecule has 6 nitrogen and oxygen atoms in total. The number of anilines is 1. The van der Waals surface area contributed by atoms with Crippen molar-refractivity contribution in [2.24, 2.45) is 5.92 Å². The Kier molecular flexibility index (Phi) is 4.32. The number of nitrogens with one attached hydrogen (secondary N) is 1. The third kappa shape index (κ3) is 3.03. The molecular formula is C20H22N4O2. The van der Waals surface area contributed by atoms with Crippen LogP contribution in [0.3, 0.4) is 0 Å². The van der Waals surface area contributed by atoms with E-state index in [1.165, 1.54) is 25.3 Å². The summed E-state index contributed by atoms with van der Waals surface area (Å²) in [6.45, 7) is 5.46. The molecule has 1 N–H and O–H groups in total. The third-order valence-electron chi connectivity index (χ3n) is 5.31. The van der Waals surface area contributed by atoms with Crippen LogP contribution < -0.4 is 10.2 Å². The van der Waals surface area contributed by atoms with Gasteiger partial charge in [-0.2, -0.15) is 5.10 Å². The van der Waals surface area contributed by atoms with Gasteiger partial charge in [0.2, 0.25) is 0 Å². The second-order valence-corrected chi connectivity index (χ2v) is 6.95. The lowest BCUT2D eigenvalue weighted by molar-refractivity contribution is -0.114. The molecule has 0 bridgehead atoms. The van der Waals surface area contributed by atoms with Crippen molar-refractivity contribution in [3.63, 3.8) is 0 Å². The minimum Gasteiger partial charge on any atom is -0.348 e. The first-order valence-corrected chi connectivity index (χ1v) is 9.01. The SMILES string of the molecule is C=CC(=O)N(Cc1ccnn1CC1CCC1)c1ccc2c(c1)C(=O)NC2. The van der Waals surface area contributed by atoms with E-state index in [0.717, 1.165) is 17.8 Å². The first-order chi connectivity index (χ1) is 12.7. The smallest absolute Gasteiger partial charge is 0.251 e. The van der Waals surface area contributed by atoms with Gasteiger partial charge < -0.3 is 10.2 Å². The molecule has 2 heterocycles. The molecule has 6 heteroatoms. The standard InChI is InChI=1S/C20H22N4O2/c1-2-19(25)23(16-7-6-15-11-21-20(26)18(15)10-16)13-17-8-9-22-24(17)12-14-4-3-5-14/h2,6-10,14H,1,3-5,11-13H2,(H,21,26). The fraction of sp³-hybridized carbons (Fsp3) is 0.350. The lowest BCUT2D eigenvalue weighted by Gasteiger charge is -2.27. The predicted molar refractivity (Wildman–Crippen MR) is 98.6 cm³/mol. The molecule has 1 saturated carbocycles. The van der Waals surface area contributed by atoms with E-state index in [1.54, 1.807) is 17.2 Å². The Hall–Kier alpha value is -2.89. The summed E-state index contributed by atoms with van der Waals surface area (Å²) in [4.78, 5) is 26.1. The summed E-state index contributed by atoms with van der Waals surface area (Å²) in [5.74, 6) is 0.392. The van der Waals surface area contributed by atoms with Crippen molar-refractivity contribution in [1.29, 1.82) is 0 Å². The van der Waals surface area contributed by atoms with Crippen molar-refractivity contribution < 1.29 is 9.59 Å². The number of fused-ring (bicyclic) bond motifs is 1. The molecule has 2 amide bonds. The average Bonchev–Trinajstić information content (AvgIpc) is 3.21. The number of aromatic nitrogens is 2. The van der Waals surface area contributed by atoms with Crippen molar-refractivity contribution in [1.82, 2.24) is 15.1 Å². The van der Waals surface area contributed by atoms with Crippen LogP contribution in [0.1, 0.15) is 40.9 Å². The van der Waals surface area contributed by atoms with Gasteiger partial charge in [-0.25, -0.2) is 0 Å². The van der Waals surface area contributed by atoms with Gasteiger partial charge in [-0.05, 0) is 48.6 Å². The van der Waals surface area contributed by atoms with E-state index in [0.29, 0.717) is 30.3 Å². The molecule has 1 aliphatic heterocycles. The van der Waals surface area contributed by atoms with Crippen LogP contribution in [0, 0.1) is 5.92 Å². The van der Waals surface area contributed by atoms with Crippen LogP contribution in [0.25, 0.3) is 0 Å². The van der Waals surface area contributed by atoms with Gasteiger partial charge in [0.05, 0.1) is 12.2 Å². The molecule has 1 aliphatic carbocycles. The Balaban J connectivity index is 1.61. The fourth-order valence-electron chi connectivity index (χ4n) is 3.52. The number of benzene rings is 1. The average molecular weight is 350 g/mol. The van der Waals surface area contributed by atoms with Crippen LogP contribution in [0.4, 0.5) is 5.69 Å². The normalized spacial score (nSPS) is 15.9. The second kappa shape index (κ2) is 6.78. The van der Waals surface area contributed by atoms with E-state index in [2.05, 4.69) is 17.0 Å². The molecule has 0 radical (unpaired) electrons. The molecule has 26 heavy (non-hydrogen) atoms. The Morgan fingerprint density at radius 1 is 1.38 bits per heavy atom. The van der Waals surface area contributed by atoms with Crippen LogP contribution in [-0.2, 0) is 24.4 Å². The highest BCUT2D eigenvalue weighted by Crippen LogP contribution is 2.29. The number of amides is 2. The number of hydrogen-bond donors (Lipinski definition) is 1. The van der Waals surface area contributed by atoms with Gasteiger partial charge in [-0.3, -0.25) is 14.3 Å². The van der Waals surface area contributed by atoms with E-state index in [1.807, 2.05) is 22.9 Å². The highest BCUT2D eigenvalue weighted by molar-refractivity contribution is 6.03. The molecule has 0 spiro atoms. The van der Waals surface area contributed by atoms with Crippen molar-refractivity contribution in [2.45, 2.75) is 38.9 Å². The lowest BCUT2D eigenvalue weighted by Crippen LogP contribution is -2.30. The number of nitrogens with zero attached hydrogens (tertiary/aromatic N) is 3. The van der Waals surface area contributed by atoms with E-state index in [-0.39, 0.29) is 11.8 Å². The summed E-state index contributed by atoms with van der Waals surface area (Å²) >= 11 is 0. The van der Waals surface area contributed by atoms with E-state index in [9.17, 15) is 9.59 Å². The largest absolute Gasteiger partial charge is 0.348 e. The topological polar surface area (TPSA) is 67.2 Å². The highest BCUT2D eigenvalue weighted by atomic mass is 16.2. The molecule has 0 atom stereocenters. The molecule has 1 aromatic carbocycles. The van der Waals surface area contributed by atoms with Crippen LogP contribution in [0.2, 0.25) is 0 Å². The Labute approximate surface area is 152 Å². The molecular weight excluding hydrogens is 328 g/mol. The van der Waals surface area contributed by atoms with Gasteiger partial charge in [-0.1, -0.05) is 19.1 Å². The van der Waals surface area contributed by atoms with Crippen LogP contribution >= 0.6 is 0 Å². The first-order valence-electron chi connectivity index (χ1n) is 9.01. The summed E-state index contributed by atoms with van der Waals surface area (Å²) in [6.07, 6.45) is 6.86.